The monoisotopic (exact) mass is 288 g/mol. The molecule has 3 nitrogen and oxygen atoms in total. The van der Waals surface area contributed by atoms with Crippen molar-refractivity contribution >= 4 is 28.9 Å². The maximum Gasteiger partial charge on any atom is 0.224 e. The first-order chi connectivity index (χ1) is 9.54. The molecule has 0 saturated heterocycles. The zero-order valence-corrected chi connectivity index (χ0v) is 12.1. The van der Waals surface area contributed by atoms with E-state index in [1.165, 1.54) is 0 Å². The summed E-state index contributed by atoms with van der Waals surface area (Å²) in [5.41, 5.74) is 9.15. The Kier molecular flexibility index (Phi) is 4.64. The number of nitrogen functional groups attached to an aromatic ring is 1. The Morgan fingerprint density at radius 1 is 1.20 bits per heavy atom. The molecular weight excluding hydrogens is 272 g/mol. The van der Waals surface area contributed by atoms with Crippen LogP contribution in [0, 0.1) is 6.92 Å². The Morgan fingerprint density at radius 3 is 2.55 bits per heavy atom. The Morgan fingerprint density at radius 2 is 1.90 bits per heavy atom. The number of hydrogen-bond donors (Lipinski definition) is 2. The van der Waals surface area contributed by atoms with E-state index in [9.17, 15) is 4.79 Å². The number of anilines is 2. The molecule has 0 aliphatic heterocycles. The summed E-state index contributed by atoms with van der Waals surface area (Å²) in [4.78, 5) is 11.9. The molecule has 2 rings (SSSR count). The van der Waals surface area contributed by atoms with Crippen LogP contribution in [0.3, 0.4) is 0 Å². The van der Waals surface area contributed by atoms with Gasteiger partial charge in [0.05, 0.1) is 10.7 Å². The SMILES string of the molecule is Cc1ccc(NC(=O)CCc2ccc(N)cc2)c(Cl)c1. The molecule has 2 aromatic carbocycles. The Labute approximate surface area is 123 Å². The van der Waals surface area contributed by atoms with E-state index in [1.807, 2.05) is 49.4 Å². The number of halogens is 1. The summed E-state index contributed by atoms with van der Waals surface area (Å²) in [6.45, 7) is 1.96. The maximum absolute atomic E-state index is 11.9. The molecule has 20 heavy (non-hydrogen) atoms. The zero-order valence-electron chi connectivity index (χ0n) is 11.3. The van der Waals surface area contributed by atoms with Crippen LogP contribution in [-0.4, -0.2) is 5.91 Å². The predicted octanol–water partition coefficient (Wildman–Crippen LogP) is 3.80. The average Bonchev–Trinajstić information content (AvgIpc) is 2.41. The molecule has 0 heterocycles. The molecule has 2 aromatic rings. The minimum absolute atomic E-state index is 0.0485. The molecule has 0 unspecified atom stereocenters. The summed E-state index contributed by atoms with van der Waals surface area (Å²) >= 11 is 6.08. The summed E-state index contributed by atoms with van der Waals surface area (Å²) in [6, 6.07) is 13.1. The smallest absolute Gasteiger partial charge is 0.224 e. The van der Waals surface area contributed by atoms with Gasteiger partial charge < -0.3 is 11.1 Å². The number of carbonyl (C=O) groups excluding carboxylic acids is 1. The highest BCUT2D eigenvalue weighted by Gasteiger charge is 2.06. The number of nitrogens with two attached hydrogens (primary N) is 1. The van der Waals surface area contributed by atoms with Gasteiger partial charge in [0.1, 0.15) is 0 Å². The highest BCUT2D eigenvalue weighted by Crippen LogP contribution is 2.22. The van der Waals surface area contributed by atoms with E-state index in [0.29, 0.717) is 23.6 Å². The highest BCUT2D eigenvalue weighted by atomic mass is 35.5. The van der Waals surface area contributed by atoms with Gasteiger partial charge in [0, 0.05) is 12.1 Å². The first-order valence-corrected chi connectivity index (χ1v) is 6.83. The number of carbonyl (C=O) groups is 1. The molecule has 0 saturated carbocycles. The van der Waals surface area contributed by atoms with Crippen molar-refractivity contribution in [2.75, 3.05) is 11.1 Å². The van der Waals surface area contributed by atoms with E-state index >= 15 is 0 Å². The lowest BCUT2D eigenvalue weighted by molar-refractivity contribution is -0.116. The molecule has 1 amide bonds. The van der Waals surface area contributed by atoms with Gasteiger partial charge >= 0.3 is 0 Å². The first-order valence-electron chi connectivity index (χ1n) is 6.45. The van der Waals surface area contributed by atoms with Crippen LogP contribution in [0.5, 0.6) is 0 Å². The van der Waals surface area contributed by atoms with E-state index in [-0.39, 0.29) is 5.91 Å². The van der Waals surface area contributed by atoms with Crippen LogP contribution < -0.4 is 11.1 Å². The van der Waals surface area contributed by atoms with E-state index < -0.39 is 0 Å². The Bertz CT molecular complexity index is 608. The van der Waals surface area contributed by atoms with E-state index in [2.05, 4.69) is 5.32 Å². The van der Waals surface area contributed by atoms with Gasteiger partial charge in [0.15, 0.2) is 0 Å². The molecule has 0 atom stereocenters. The standard InChI is InChI=1S/C16H17ClN2O/c1-11-2-8-15(14(17)10-11)19-16(20)9-5-12-3-6-13(18)7-4-12/h2-4,6-8,10H,5,9,18H2,1H3,(H,19,20). The third kappa shape index (κ3) is 4.00. The molecule has 0 radical (unpaired) electrons. The van der Waals surface area contributed by atoms with Crippen LogP contribution in [0.4, 0.5) is 11.4 Å². The minimum atomic E-state index is -0.0485. The lowest BCUT2D eigenvalue weighted by Crippen LogP contribution is -2.12. The number of nitrogens with one attached hydrogen (secondary N) is 1. The van der Waals surface area contributed by atoms with Gasteiger partial charge in [-0.2, -0.15) is 0 Å². The topological polar surface area (TPSA) is 55.1 Å². The molecular formula is C16H17ClN2O. The number of rotatable bonds is 4. The fourth-order valence-corrected chi connectivity index (χ4v) is 2.16. The molecule has 0 spiro atoms. The highest BCUT2D eigenvalue weighted by molar-refractivity contribution is 6.33. The number of benzene rings is 2. The maximum atomic E-state index is 11.9. The third-order valence-electron chi connectivity index (χ3n) is 3.02. The van der Waals surface area contributed by atoms with Crippen molar-refractivity contribution in [2.24, 2.45) is 0 Å². The van der Waals surface area contributed by atoms with Gasteiger partial charge in [-0.3, -0.25) is 4.79 Å². The second kappa shape index (κ2) is 6.44. The normalized spacial score (nSPS) is 10.3. The molecule has 0 aromatic heterocycles. The first kappa shape index (κ1) is 14.4. The van der Waals surface area contributed by atoms with Crippen molar-refractivity contribution in [1.29, 1.82) is 0 Å². The number of hydrogen-bond acceptors (Lipinski definition) is 2. The van der Waals surface area contributed by atoms with Crippen molar-refractivity contribution in [2.45, 2.75) is 19.8 Å². The quantitative estimate of drug-likeness (QED) is 0.841. The molecule has 0 bridgehead atoms. The van der Waals surface area contributed by atoms with Crippen molar-refractivity contribution < 1.29 is 4.79 Å². The largest absolute Gasteiger partial charge is 0.399 e. The molecule has 104 valence electrons. The lowest BCUT2D eigenvalue weighted by Gasteiger charge is -2.08. The van der Waals surface area contributed by atoms with Crippen LogP contribution >= 0.6 is 11.6 Å². The van der Waals surface area contributed by atoms with Gasteiger partial charge in [-0.1, -0.05) is 29.8 Å². The fourth-order valence-electron chi connectivity index (χ4n) is 1.88. The number of aryl methyl sites for hydroxylation is 2. The molecule has 0 aliphatic carbocycles. The van der Waals surface area contributed by atoms with Gasteiger partial charge in [-0.15, -0.1) is 0 Å². The van der Waals surface area contributed by atoms with Gasteiger partial charge in [-0.25, -0.2) is 0 Å². The van der Waals surface area contributed by atoms with Crippen molar-refractivity contribution in [3.05, 3.63) is 58.6 Å². The van der Waals surface area contributed by atoms with Crippen LogP contribution in [-0.2, 0) is 11.2 Å². The molecule has 0 aliphatic rings. The van der Waals surface area contributed by atoms with Crippen LogP contribution in [0.15, 0.2) is 42.5 Å². The predicted molar refractivity (Wildman–Crippen MR) is 84.0 cm³/mol. The molecule has 4 heteroatoms. The van der Waals surface area contributed by atoms with E-state index in [0.717, 1.165) is 16.8 Å². The molecule has 3 N–H and O–H groups in total. The van der Waals surface area contributed by atoms with Crippen molar-refractivity contribution in [1.82, 2.24) is 0 Å². The van der Waals surface area contributed by atoms with E-state index in [4.69, 9.17) is 17.3 Å². The lowest BCUT2D eigenvalue weighted by atomic mass is 10.1. The number of amides is 1. The van der Waals surface area contributed by atoms with Crippen LogP contribution in [0.1, 0.15) is 17.5 Å². The van der Waals surface area contributed by atoms with Crippen LogP contribution in [0.2, 0.25) is 5.02 Å². The Balaban J connectivity index is 1.90. The van der Waals surface area contributed by atoms with Crippen molar-refractivity contribution in [3.8, 4) is 0 Å². The van der Waals surface area contributed by atoms with E-state index in [1.54, 1.807) is 0 Å². The summed E-state index contributed by atoms with van der Waals surface area (Å²) in [5.74, 6) is -0.0485. The summed E-state index contributed by atoms with van der Waals surface area (Å²) in [7, 11) is 0. The Hall–Kier alpha value is -2.00. The van der Waals surface area contributed by atoms with Crippen molar-refractivity contribution in [3.63, 3.8) is 0 Å². The van der Waals surface area contributed by atoms with Gasteiger partial charge in [0.2, 0.25) is 5.91 Å². The van der Waals surface area contributed by atoms with Crippen LogP contribution in [0.25, 0.3) is 0 Å². The fraction of sp³-hybridized carbons (Fsp3) is 0.188. The zero-order chi connectivity index (χ0) is 14.5. The van der Waals surface area contributed by atoms with Gasteiger partial charge in [0.25, 0.3) is 0 Å². The second-order valence-corrected chi connectivity index (χ2v) is 5.18. The average molecular weight is 289 g/mol. The summed E-state index contributed by atoms with van der Waals surface area (Å²) < 4.78 is 0. The summed E-state index contributed by atoms with van der Waals surface area (Å²) in [6.07, 6.45) is 1.09. The molecule has 0 fully saturated rings. The summed E-state index contributed by atoms with van der Waals surface area (Å²) in [5, 5.41) is 3.38. The third-order valence-corrected chi connectivity index (χ3v) is 3.33. The minimum Gasteiger partial charge on any atom is -0.399 e. The second-order valence-electron chi connectivity index (χ2n) is 4.77. The van der Waals surface area contributed by atoms with Gasteiger partial charge in [-0.05, 0) is 48.7 Å².